The number of halogens is 2. The SMILES string of the molecule is CCOc1cc(Br)ccc1S(=O)(=O)Cl. The maximum Gasteiger partial charge on any atom is 0.264 e. The lowest BCUT2D eigenvalue weighted by Gasteiger charge is -2.07. The molecule has 0 unspecified atom stereocenters. The molecule has 0 aliphatic rings. The molecule has 1 aromatic rings. The van der Waals surface area contributed by atoms with Crippen LogP contribution in [0.25, 0.3) is 0 Å². The third-order valence-electron chi connectivity index (χ3n) is 1.47. The molecule has 0 bridgehead atoms. The third kappa shape index (κ3) is 2.87. The lowest BCUT2D eigenvalue weighted by molar-refractivity contribution is 0.331. The highest BCUT2D eigenvalue weighted by Crippen LogP contribution is 2.29. The molecule has 14 heavy (non-hydrogen) atoms. The van der Waals surface area contributed by atoms with Crippen LogP contribution in [0.1, 0.15) is 6.92 Å². The molecule has 1 rings (SSSR count). The molecule has 6 heteroatoms. The van der Waals surface area contributed by atoms with Crippen molar-refractivity contribution in [3.05, 3.63) is 22.7 Å². The van der Waals surface area contributed by atoms with Crippen LogP contribution in [0, 0.1) is 0 Å². The molecule has 3 nitrogen and oxygen atoms in total. The second kappa shape index (κ2) is 4.51. The predicted molar refractivity (Wildman–Crippen MR) is 58.3 cm³/mol. The van der Waals surface area contributed by atoms with Crippen molar-refractivity contribution < 1.29 is 13.2 Å². The van der Waals surface area contributed by atoms with Gasteiger partial charge in [0.1, 0.15) is 10.6 Å². The topological polar surface area (TPSA) is 43.4 Å². The number of hydrogen-bond acceptors (Lipinski definition) is 3. The average molecular weight is 300 g/mol. The van der Waals surface area contributed by atoms with Gasteiger partial charge in [0.25, 0.3) is 9.05 Å². The van der Waals surface area contributed by atoms with Gasteiger partial charge >= 0.3 is 0 Å². The maximum atomic E-state index is 11.1. The van der Waals surface area contributed by atoms with Crippen LogP contribution in [0.4, 0.5) is 0 Å². The Kier molecular flexibility index (Phi) is 3.80. The van der Waals surface area contributed by atoms with E-state index in [1.807, 2.05) is 0 Å². The summed E-state index contributed by atoms with van der Waals surface area (Å²) in [5.41, 5.74) is 0. The van der Waals surface area contributed by atoms with Crippen molar-refractivity contribution in [2.24, 2.45) is 0 Å². The lowest BCUT2D eigenvalue weighted by Crippen LogP contribution is -1.99. The number of ether oxygens (including phenoxy) is 1. The summed E-state index contributed by atoms with van der Waals surface area (Å²) < 4.78 is 28.1. The first-order valence-electron chi connectivity index (χ1n) is 3.82. The highest BCUT2D eigenvalue weighted by Gasteiger charge is 2.16. The molecule has 0 aromatic heterocycles. The first-order chi connectivity index (χ1) is 6.45. The maximum absolute atomic E-state index is 11.1. The average Bonchev–Trinajstić information content (AvgIpc) is 2.02. The molecule has 0 atom stereocenters. The van der Waals surface area contributed by atoms with Gasteiger partial charge in [0, 0.05) is 15.2 Å². The van der Waals surface area contributed by atoms with Gasteiger partial charge < -0.3 is 4.74 Å². The molecule has 0 aliphatic carbocycles. The van der Waals surface area contributed by atoms with E-state index in [-0.39, 0.29) is 10.6 Å². The van der Waals surface area contributed by atoms with E-state index in [1.54, 1.807) is 19.1 Å². The number of rotatable bonds is 3. The Morgan fingerprint density at radius 2 is 2.14 bits per heavy atom. The zero-order valence-electron chi connectivity index (χ0n) is 7.33. The molecular weight excluding hydrogens is 292 g/mol. The Morgan fingerprint density at radius 3 is 2.64 bits per heavy atom. The fourth-order valence-electron chi connectivity index (χ4n) is 0.952. The summed E-state index contributed by atoms with van der Waals surface area (Å²) in [5.74, 6) is 0.261. The molecule has 0 amide bonds. The standard InChI is InChI=1S/C8H8BrClO3S/c1-2-13-7-5-6(9)3-4-8(7)14(10,11)12/h3-5H,2H2,1H3. The Morgan fingerprint density at radius 1 is 1.50 bits per heavy atom. The van der Waals surface area contributed by atoms with Crippen LogP contribution >= 0.6 is 26.6 Å². The number of hydrogen-bond donors (Lipinski definition) is 0. The Bertz CT molecular complexity index is 430. The molecule has 0 saturated heterocycles. The summed E-state index contributed by atoms with van der Waals surface area (Å²) in [6, 6.07) is 4.56. The Labute approximate surface area is 95.6 Å². The summed E-state index contributed by atoms with van der Waals surface area (Å²) in [6.07, 6.45) is 0. The van der Waals surface area contributed by atoms with Gasteiger partial charge in [0.05, 0.1) is 6.61 Å². The zero-order chi connectivity index (χ0) is 10.8. The molecule has 0 aliphatic heterocycles. The summed E-state index contributed by atoms with van der Waals surface area (Å²) >= 11 is 3.22. The van der Waals surface area contributed by atoms with Gasteiger partial charge in [-0.3, -0.25) is 0 Å². The van der Waals surface area contributed by atoms with Crippen molar-refractivity contribution in [1.82, 2.24) is 0 Å². The van der Waals surface area contributed by atoms with Crippen molar-refractivity contribution in [2.45, 2.75) is 11.8 Å². The van der Waals surface area contributed by atoms with E-state index in [2.05, 4.69) is 15.9 Å². The van der Waals surface area contributed by atoms with Gasteiger partial charge in [-0.2, -0.15) is 0 Å². The molecule has 0 fully saturated rings. The highest BCUT2D eigenvalue weighted by molar-refractivity contribution is 9.10. The van der Waals surface area contributed by atoms with Crippen molar-refractivity contribution in [3.63, 3.8) is 0 Å². The van der Waals surface area contributed by atoms with Crippen molar-refractivity contribution in [2.75, 3.05) is 6.61 Å². The summed E-state index contributed by atoms with van der Waals surface area (Å²) in [4.78, 5) is -0.00998. The fraction of sp³-hybridized carbons (Fsp3) is 0.250. The summed E-state index contributed by atoms with van der Waals surface area (Å²) in [7, 11) is 1.48. The van der Waals surface area contributed by atoms with E-state index < -0.39 is 9.05 Å². The molecule has 0 spiro atoms. The van der Waals surface area contributed by atoms with E-state index in [0.29, 0.717) is 6.61 Å². The normalized spacial score (nSPS) is 11.4. The minimum atomic E-state index is -3.75. The van der Waals surface area contributed by atoms with Crippen LogP contribution in [-0.4, -0.2) is 15.0 Å². The Hall–Kier alpha value is -0.260. The minimum absolute atomic E-state index is 0.00998. The second-order valence-corrected chi connectivity index (χ2v) is 5.91. The summed E-state index contributed by atoms with van der Waals surface area (Å²) in [6.45, 7) is 2.15. The quantitative estimate of drug-likeness (QED) is 0.806. The fourth-order valence-corrected chi connectivity index (χ4v) is 2.26. The molecule has 0 heterocycles. The summed E-state index contributed by atoms with van der Waals surface area (Å²) in [5, 5.41) is 0. The first kappa shape index (κ1) is 11.8. The van der Waals surface area contributed by atoms with Crippen LogP contribution in [0.15, 0.2) is 27.6 Å². The predicted octanol–water partition coefficient (Wildman–Crippen LogP) is 2.78. The van der Waals surface area contributed by atoms with Crippen LogP contribution in [0.3, 0.4) is 0 Å². The molecule has 1 aromatic carbocycles. The largest absolute Gasteiger partial charge is 0.492 e. The van der Waals surface area contributed by atoms with Crippen LogP contribution in [0.2, 0.25) is 0 Å². The van der Waals surface area contributed by atoms with E-state index in [4.69, 9.17) is 15.4 Å². The van der Waals surface area contributed by atoms with Gasteiger partial charge in [-0.15, -0.1) is 0 Å². The van der Waals surface area contributed by atoms with Crippen molar-refractivity contribution >= 4 is 35.7 Å². The van der Waals surface area contributed by atoms with Crippen LogP contribution in [0.5, 0.6) is 5.75 Å². The molecule has 0 radical (unpaired) electrons. The first-order valence-corrected chi connectivity index (χ1v) is 6.92. The van der Waals surface area contributed by atoms with Gasteiger partial charge in [-0.05, 0) is 25.1 Å². The van der Waals surface area contributed by atoms with Crippen molar-refractivity contribution in [1.29, 1.82) is 0 Å². The second-order valence-electron chi connectivity index (χ2n) is 2.46. The van der Waals surface area contributed by atoms with Gasteiger partial charge in [-0.1, -0.05) is 15.9 Å². The smallest absolute Gasteiger partial charge is 0.264 e. The molecule has 0 N–H and O–H groups in total. The monoisotopic (exact) mass is 298 g/mol. The van der Waals surface area contributed by atoms with Gasteiger partial charge in [-0.25, -0.2) is 8.42 Å². The number of benzene rings is 1. The molecule has 0 saturated carbocycles. The molecule has 78 valence electrons. The van der Waals surface area contributed by atoms with E-state index >= 15 is 0 Å². The minimum Gasteiger partial charge on any atom is -0.492 e. The van der Waals surface area contributed by atoms with E-state index in [1.165, 1.54) is 6.07 Å². The molecular formula is C8H8BrClO3S. The van der Waals surface area contributed by atoms with Crippen LogP contribution in [-0.2, 0) is 9.05 Å². The van der Waals surface area contributed by atoms with Crippen LogP contribution < -0.4 is 4.74 Å². The van der Waals surface area contributed by atoms with Gasteiger partial charge in [0.2, 0.25) is 0 Å². The lowest BCUT2D eigenvalue weighted by atomic mass is 10.3. The Balaban J connectivity index is 3.29. The van der Waals surface area contributed by atoms with Crippen molar-refractivity contribution in [3.8, 4) is 5.75 Å². The van der Waals surface area contributed by atoms with E-state index in [9.17, 15) is 8.42 Å². The van der Waals surface area contributed by atoms with Gasteiger partial charge in [0.15, 0.2) is 0 Å². The van der Waals surface area contributed by atoms with E-state index in [0.717, 1.165) is 4.47 Å². The third-order valence-corrected chi connectivity index (χ3v) is 3.32. The zero-order valence-corrected chi connectivity index (χ0v) is 10.5. The highest BCUT2D eigenvalue weighted by atomic mass is 79.9.